The molecule has 0 radical (unpaired) electrons. The largest absolute Gasteiger partial charge is 0.497 e. The number of nitrogens with zero attached hydrogens (tertiary/aromatic N) is 5. The van der Waals surface area contributed by atoms with Crippen molar-refractivity contribution in [1.82, 2.24) is 19.7 Å². The van der Waals surface area contributed by atoms with Crippen LogP contribution in [0.5, 0.6) is 5.75 Å². The van der Waals surface area contributed by atoms with E-state index in [9.17, 15) is 4.79 Å². The van der Waals surface area contributed by atoms with Crippen molar-refractivity contribution in [1.29, 1.82) is 0 Å². The number of amides is 1. The molecule has 1 aliphatic rings. The van der Waals surface area contributed by atoms with Gasteiger partial charge in [0, 0.05) is 19.5 Å². The molecular formula is C21H24N6O2. The summed E-state index contributed by atoms with van der Waals surface area (Å²) < 4.78 is 6.77. The molecule has 1 aliphatic heterocycles. The van der Waals surface area contributed by atoms with E-state index in [4.69, 9.17) is 4.74 Å². The molecule has 150 valence electrons. The highest BCUT2D eigenvalue weighted by Crippen LogP contribution is 2.19. The van der Waals surface area contributed by atoms with Crippen LogP contribution in [0.3, 0.4) is 0 Å². The average molecular weight is 392 g/mol. The number of carbonyl (C=O) groups excluding carboxylic acids is 1. The molecular weight excluding hydrogens is 368 g/mol. The molecule has 2 aromatic heterocycles. The Morgan fingerprint density at radius 3 is 2.72 bits per heavy atom. The Bertz CT molecular complexity index is 963. The van der Waals surface area contributed by atoms with Gasteiger partial charge in [-0.15, -0.1) is 0 Å². The molecule has 0 saturated carbocycles. The topological polar surface area (TPSA) is 85.2 Å². The Kier molecular flexibility index (Phi) is 5.69. The third-order valence-electron chi connectivity index (χ3n) is 4.94. The van der Waals surface area contributed by atoms with Crippen LogP contribution in [0, 0.1) is 0 Å². The van der Waals surface area contributed by atoms with Crippen LogP contribution in [-0.4, -0.2) is 45.9 Å². The van der Waals surface area contributed by atoms with E-state index in [1.807, 2.05) is 36.7 Å². The van der Waals surface area contributed by atoms with Gasteiger partial charge >= 0.3 is 0 Å². The fraction of sp³-hybridized carbons (Fsp3) is 0.333. The first-order valence-electron chi connectivity index (χ1n) is 9.76. The molecule has 1 fully saturated rings. The molecule has 3 heterocycles. The predicted octanol–water partition coefficient (Wildman–Crippen LogP) is 2.84. The lowest BCUT2D eigenvalue weighted by Crippen LogP contribution is -2.18. The lowest BCUT2D eigenvalue weighted by Gasteiger charge is -2.16. The van der Waals surface area contributed by atoms with Gasteiger partial charge in [-0.1, -0.05) is 12.1 Å². The molecule has 1 amide bonds. The minimum atomic E-state index is -0.0716. The summed E-state index contributed by atoms with van der Waals surface area (Å²) in [5.74, 6) is 1.20. The normalized spacial score (nSPS) is 13.5. The zero-order valence-electron chi connectivity index (χ0n) is 16.4. The van der Waals surface area contributed by atoms with Crippen molar-refractivity contribution in [3.63, 3.8) is 0 Å². The first kappa shape index (κ1) is 18.9. The molecule has 0 spiro atoms. The summed E-state index contributed by atoms with van der Waals surface area (Å²) in [6.45, 7) is 2.10. The zero-order valence-corrected chi connectivity index (χ0v) is 16.4. The highest BCUT2D eigenvalue weighted by molar-refractivity contribution is 5.90. The number of aryl methyl sites for hydroxylation is 1. The van der Waals surface area contributed by atoms with Crippen LogP contribution in [-0.2, 0) is 11.2 Å². The van der Waals surface area contributed by atoms with E-state index in [2.05, 4.69) is 25.3 Å². The summed E-state index contributed by atoms with van der Waals surface area (Å²) >= 11 is 0. The third-order valence-corrected chi connectivity index (χ3v) is 4.94. The second-order valence-electron chi connectivity index (χ2n) is 7.01. The fourth-order valence-electron chi connectivity index (χ4n) is 3.38. The second kappa shape index (κ2) is 8.72. The summed E-state index contributed by atoms with van der Waals surface area (Å²) in [7, 11) is 1.63. The van der Waals surface area contributed by atoms with Gasteiger partial charge in [0.15, 0.2) is 0 Å². The minimum absolute atomic E-state index is 0.0716. The molecule has 8 heteroatoms. The Morgan fingerprint density at radius 1 is 1.17 bits per heavy atom. The molecule has 0 atom stereocenters. The number of nitrogens with one attached hydrogen (secondary N) is 1. The molecule has 1 N–H and O–H groups in total. The Balaban J connectivity index is 1.33. The number of ether oxygens (including phenoxy) is 1. The highest BCUT2D eigenvalue weighted by Gasteiger charge is 2.14. The van der Waals surface area contributed by atoms with Crippen molar-refractivity contribution >= 4 is 17.3 Å². The van der Waals surface area contributed by atoms with Crippen LogP contribution < -0.4 is 15.0 Å². The standard InChI is InChI=1S/C21H24N6O2/c1-29-19-6-4-5-16(11-19)7-8-20(28)25-17-12-24-27(15-17)21-22-13-18(14-23-21)26-9-2-3-10-26/h4-6,11-15H,2-3,7-10H2,1H3,(H,25,28). The van der Waals surface area contributed by atoms with E-state index in [-0.39, 0.29) is 5.91 Å². The van der Waals surface area contributed by atoms with E-state index in [1.165, 1.54) is 12.8 Å². The Hall–Kier alpha value is -3.42. The minimum Gasteiger partial charge on any atom is -0.497 e. The number of aromatic nitrogens is 4. The fourth-order valence-corrected chi connectivity index (χ4v) is 3.38. The molecule has 0 bridgehead atoms. The van der Waals surface area contributed by atoms with Gasteiger partial charge < -0.3 is 15.0 Å². The number of hydrogen-bond acceptors (Lipinski definition) is 6. The van der Waals surface area contributed by atoms with E-state index >= 15 is 0 Å². The molecule has 0 aliphatic carbocycles. The molecule has 1 saturated heterocycles. The van der Waals surface area contributed by atoms with Gasteiger partial charge in [-0.05, 0) is 37.0 Å². The zero-order chi connectivity index (χ0) is 20.1. The lowest BCUT2D eigenvalue weighted by molar-refractivity contribution is -0.116. The lowest BCUT2D eigenvalue weighted by atomic mass is 10.1. The van der Waals surface area contributed by atoms with Crippen molar-refractivity contribution in [2.24, 2.45) is 0 Å². The van der Waals surface area contributed by atoms with Crippen LogP contribution in [0.2, 0.25) is 0 Å². The first-order chi connectivity index (χ1) is 14.2. The number of hydrogen-bond donors (Lipinski definition) is 1. The Morgan fingerprint density at radius 2 is 1.97 bits per heavy atom. The van der Waals surface area contributed by atoms with Gasteiger partial charge in [0.2, 0.25) is 5.91 Å². The van der Waals surface area contributed by atoms with Crippen LogP contribution in [0.1, 0.15) is 24.8 Å². The van der Waals surface area contributed by atoms with Crippen molar-refractivity contribution in [2.45, 2.75) is 25.7 Å². The van der Waals surface area contributed by atoms with Gasteiger partial charge in [0.1, 0.15) is 5.75 Å². The van der Waals surface area contributed by atoms with Crippen molar-refractivity contribution < 1.29 is 9.53 Å². The maximum absolute atomic E-state index is 12.3. The monoisotopic (exact) mass is 392 g/mol. The first-order valence-corrected chi connectivity index (χ1v) is 9.76. The van der Waals surface area contributed by atoms with Crippen molar-refractivity contribution in [2.75, 3.05) is 30.4 Å². The summed E-state index contributed by atoms with van der Waals surface area (Å²) in [5, 5.41) is 7.12. The van der Waals surface area contributed by atoms with E-state index in [1.54, 1.807) is 24.2 Å². The van der Waals surface area contributed by atoms with Gasteiger partial charge in [-0.3, -0.25) is 4.79 Å². The van der Waals surface area contributed by atoms with Gasteiger partial charge in [0.25, 0.3) is 5.95 Å². The smallest absolute Gasteiger partial charge is 0.250 e. The average Bonchev–Trinajstić information content (AvgIpc) is 3.45. The SMILES string of the molecule is COc1cccc(CCC(=O)Nc2cnn(-c3ncc(N4CCCC4)cn3)c2)c1. The Labute approximate surface area is 169 Å². The van der Waals surface area contributed by atoms with Crippen LogP contribution in [0.4, 0.5) is 11.4 Å². The number of rotatable bonds is 7. The van der Waals surface area contributed by atoms with E-state index < -0.39 is 0 Å². The summed E-state index contributed by atoms with van der Waals surface area (Å²) in [5.41, 5.74) is 2.71. The molecule has 8 nitrogen and oxygen atoms in total. The van der Waals surface area contributed by atoms with Crippen LogP contribution in [0.25, 0.3) is 5.95 Å². The molecule has 4 rings (SSSR count). The van der Waals surface area contributed by atoms with Gasteiger partial charge in [0.05, 0.1) is 43.3 Å². The molecule has 29 heavy (non-hydrogen) atoms. The maximum atomic E-state index is 12.3. The molecule has 3 aromatic rings. The summed E-state index contributed by atoms with van der Waals surface area (Å²) in [6, 6.07) is 7.73. The van der Waals surface area contributed by atoms with Crippen molar-refractivity contribution in [3.8, 4) is 11.7 Å². The van der Waals surface area contributed by atoms with E-state index in [0.29, 0.717) is 24.5 Å². The van der Waals surface area contributed by atoms with E-state index in [0.717, 1.165) is 30.1 Å². The maximum Gasteiger partial charge on any atom is 0.250 e. The predicted molar refractivity (Wildman–Crippen MR) is 111 cm³/mol. The number of carbonyl (C=O) groups is 1. The second-order valence-corrected chi connectivity index (χ2v) is 7.01. The van der Waals surface area contributed by atoms with Crippen LogP contribution >= 0.6 is 0 Å². The van der Waals surface area contributed by atoms with Gasteiger partial charge in [-0.2, -0.15) is 5.10 Å². The van der Waals surface area contributed by atoms with Gasteiger partial charge in [-0.25, -0.2) is 14.6 Å². The third kappa shape index (κ3) is 4.71. The number of anilines is 2. The number of benzene rings is 1. The quantitative estimate of drug-likeness (QED) is 0.666. The molecule has 1 aromatic carbocycles. The molecule has 0 unspecified atom stereocenters. The van der Waals surface area contributed by atoms with Crippen LogP contribution in [0.15, 0.2) is 49.1 Å². The summed E-state index contributed by atoms with van der Waals surface area (Å²) in [4.78, 5) is 23.3. The number of methoxy groups -OCH3 is 1. The van der Waals surface area contributed by atoms with Crippen molar-refractivity contribution in [3.05, 3.63) is 54.6 Å². The summed E-state index contributed by atoms with van der Waals surface area (Å²) in [6.07, 6.45) is 10.4. The highest BCUT2D eigenvalue weighted by atomic mass is 16.5.